The molecule has 0 N–H and O–H groups in total. The third-order valence-electron chi connectivity index (χ3n) is 5.12. The van der Waals surface area contributed by atoms with Crippen molar-refractivity contribution in [2.24, 2.45) is 11.8 Å². The molecule has 27 heavy (non-hydrogen) atoms. The molecule has 0 radical (unpaired) electrons. The fraction of sp³-hybridized carbons (Fsp3) is 0.250. The van der Waals surface area contributed by atoms with E-state index in [0.29, 0.717) is 22.7 Å². The molecular formula is C20H16BrNO5. The van der Waals surface area contributed by atoms with Gasteiger partial charge in [-0.3, -0.25) is 14.4 Å². The minimum atomic E-state index is -1.05. The van der Waals surface area contributed by atoms with Crippen molar-refractivity contribution < 1.29 is 23.9 Å². The largest absolute Gasteiger partial charge is 0.497 e. The van der Waals surface area contributed by atoms with Gasteiger partial charge in [-0.15, -0.1) is 0 Å². The van der Waals surface area contributed by atoms with Crippen LogP contribution in [0.3, 0.4) is 0 Å². The highest BCUT2D eigenvalue weighted by Gasteiger charge is 2.54. The first-order chi connectivity index (χ1) is 12.9. The molecule has 2 aromatic rings. The van der Waals surface area contributed by atoms with Crippen LogP contribution in [0.4, 0.5) is 5.69 Å². The third kappa shape index (κ3) is 2.73. The van der Waals surface area contributed by atoms with Crippen molar-refractivity contribution in [1.29, 1.82) is 0 Å². The first-order valence-electron chi connectivity index (χ1n) is 8.45. The number of hydrogen-bond donors (Lipinski definition) is 0. The van der Waals surface area contributed by atoms with E-state index in [1.54, 1.807) is 49.4 Å². The molecule has 2 aliphatic heterocycles. The molecule has 3 unspecified atom stereocenters. The second-order valence-corrected chi connectivity index (χ2v) is 7.52. The molecule has 7 heteroatoms. The quantitative estimate of drug-likeness (QED) is 0.317. The second-order valence-electron chi connectivity index (χ2n) is 6.61. The van der Waals surface area contributed by atoms with Crippen LogP contribution >= 0.6 is 15.9 Å². The number of imide groups is 1. The first kappa shape index (κ1) is 17.7. The Hall–Kier alpha value is -2.67. The minimum Gasteiger partial charge on any atom is -0.497 e. The number of nitrogens with zero attached hydrogens (tertiary/aromatic N) is 1. The van der Waals surface area contributed by atoms with E-state index in [2.05, 4.69) is 15.9 Å². The summed E-state index contributed by atoms with van der Waals surface area (Å²) in [6.45, 7) is 1.74. The predicted octanol–water partition coefficient (Wildman–Crippen LogP) is 3.29. The van der Waals surface area contributed by atoms with E-state index < -0.39 is 29.6 Å². The van der Waals surface area contributed by atoms with Crippen LogP contribution in [0.15, 0.2) is 46.9 Å². The Bertz CT molecular complexity index is 955. The Kier molecular flexibility index (Phi) is 4.26. The van der Waals surface area contributed by atoms with Crippen molar-refractivity contribution >= 4 is 39.4 Å². The maximum Gasteiger partial charge on any atom is 0.324 e. The van der Waals surface area contributed by atoms with Crippen LogP contribution in [-0.4, -0.2) is 24.9 Å². The van der Waals surface area contributed by atoms with Crippen LogP contribution in [0.25, 0.3) is 0 Å². The number of carbonyl (C=O) groups is 3. The Morgan fingerprint density at radius 1 is 1.04 bits per heavy atom. The van der Waals surface area contributed by atoms with Crippen molar-refractivity contribution in [3.63, 3.8) is 0 Å². The SMILES string of the molecule is COc1ccc(N2C(=O)C(C)C3c4cc(Br)ccc4OC(=O)C3C2=O)cc1. The van der Waals surface area contributed by atoms with Gasteiger partial charge in [-0.05, 0) is 42.5 Å². The van der Waals surface area contributed by atoms with Gasteiger partial charge in [0.1, 0.15) is 17.4 Å². The second kappa shape index (κ2) is 6.49. The molecule has 2 amide bonds. The number of rotatable bonds is 2. The zero-order chi connectivity index (χ0) is 19.3. The van der Waals surface area contributed by atoms with Crippen molar-refractivity contribution in [1.82, 2.24) is 0 Å². The van der Waals surface area contributed by atoms with E-state index in [4.69, 9.17) is 9.47 Å². The molecule has 1 fully saturated rings. The van der Waals surface area contributed by atoms with E-state index in [0.717, 1.165) is 9.37 Å². The van der Waals surface area contributed by atoms with Gasteiger partial charge in [0.05, 0.1) is 12.8 Å². The number of carbonyl (C=O) groups excluding carboxylic acids is 3. The van der Waals surface area contributed by atoms with Gasteiger partial charge in [0.2, 0.25) is 11.8 Å². The third-order valence-corrected chi connectivity index (χ3v) is 5.61. The number of halogens is 1. The van der Waals surface area contributed by atoms with Gasteiger partial charge in [0.15, 0.2) is 0 Å². The van der Waals surface area contributed by atoms with Crippen LogP contribution in [0, 0.1) is 11.8 Å². The van der Waals surface area contributed by atoms with E-state index in [9.17, 15) is 14.4 Å². The van der Waals surface area contributed by atoms with Gasteiger partial charge in [0, 0.05) is 21.9 Å². The maximum atomic E-state index is 13.1. The van der Waals surface area contributed by atoms with Gasteiger partial charge >= 0.3 is 5.97 Å². The summed E-state index contributed by atoms with van der Waals surface area (Å²) in [5.41, 5.74) is 1.10. The lowest BCUT2D eigenvalue weighted by Crippen LogP contribution is -2.57. The summed E-state index contributed by atoms with van der Waals surface area (Å²) in [5, 5.41) is 0. The van der Waals surface area contributed by atoms with Gasteiger partial charge in [-0.1, -0.05) is 22.9 Å². The van der Waals surface area contributed by atoms with Crippen LogP contribution in [0.2, 0.25) is 0 Å². The van der Waals surface area contributed by atoms with Crippen molar-refractivity contribution in [2.45, 2.75) is 12.8 Å². The molecule has 0 spiro atoms. The number of anilines is 1. The number of methoxy groups -OCH3 is 1. The predicted molar refractivity (Wildman–Crippen MR) is 101 cm³/mol. The number of amides is 2. The van der Waals surface area contributed by atoms with E-state index in [1.165, 1.54) is 7.11 Å². The summed E-state index contributed by atoms with van der Waals surface area (Å²) in [6.07, 6.45) is 0. The molecule has 0 aromatic heterocycles. The molecule has 138 valence electrons. The molecule has 0 saturated carbocycles. The van der Waals surface area contributed by atoms with E-state index in [-0.39, 0.29) is 5.91 Å². The molecule has 0 aliphatic carbocycles. The standard InChI is InChI=1S/C20H16BrNO5/c1-10-16-14-9-11(21)3-8-15(14)27-20(25)17(16)19(24)22(18(10)23)12-4-6-13(26-2)7-5-12/h3-10,16-17H,1-2H3. The highest BCUT2D eigenvalue weighted by molar-refractivity contribution is 9.10. The highest BCUT2D eigenvalue weighted by atomic mass is 79.9. The summed E-state index contributed by atoms with van der Waals surface area (Å²) < 4.78 is 11.3. The number of hydrogen-bond acceptors (Lipinski definition) is 5. The number of fused-ring (bicyclic) bond motifs is 3. The van der Waals surface area contributed by atoms with Crippen molar-refractivity contribution in [2.75, 3.05) is 12.0 Å². The average Bonchev–Trinajstić information content (AvgIpc) is 2.66. The fourth-order valence-electron chi connectivity index (χ4n) is 3.77. The van der Waals surface area contributed by atoms with E-state index in [1.807, 2.05) is 0 Å². The van der Waals surface area contributed by atoms with Gasteiger partial charge in [-0.25, -0.2) is 4.90 Å². The molecule has 6 nitrogen and oxygen atoms in total. The maximum absolute atomic E-state index is 13.1. The topological polar surface area (TPSA) is 72.9 Å². The number of ether oxygens (including phenoxy) is 2. The summed E-state index contributed by atoms with van der Waals surface area (Å²) in [6, 6.07) is 11.8. The Morgan fingerprint density at radius 2 is 1.74 bits per heavy atom. The van der Waals surface area contributed by atoms with Gasteiger partial charge < -0.3 is 9.47 Å². The lowest BCUT2D eigenvalue weighted by atomic mass is 9.72. The molecule has 2 heterocycles. The molecule has 0 bridgehead atoms. The van der Waals surface area contributed by atoms with Crippen molar-refractivity contribution in [3.05, 3.63) is 52.5 Å². The fourth-order valence-corrected chi connectivity index (χ4v) is 4.15. The lowest BCUT2D eigenvalue weighted by molar-refractivity contribution is -0.151. The van der Waals surface area contributed by atoms with Crippen LogP contribution in [0.5, 0.6) is 11.5 Å². The number of esters is 1. The molecular weight excluding hydrogens is 414 g/mol. The summed E-state index contributed by atoms with van der Waals surface area (Å²) in [7, 11) is 1.53. The number of benzene rings is 2. The van der Waals surface area contributed by atoms with Gasteiger partial charge in [0.25, 0.3) is 0 Å². The van der Waals surface area contributed by atoms with Crippen LogP contribution in [-0.2, 0) is 14.4 Å². The molecule has 1 saturated heterocycles. The highest BCUT2D eigenvalue weighted by Crippen LogP contribution is 2.47. The van der Waals surface area contributed by atoms with E-state index >= 15 is 0 Å². The monoisotopic (exact) mass is 429 g/mol. The Balaban J connectivity index is 1.79. The Morgan fingerprint density at radius 3 is 2.41 bits per heavy atom. The van der Waals surface area contributed by atoms with Crippen LogP contribution in [0.1, 0.15) is 18.4 Å². The lowest BCUT2D eigenvalue weighted by Gasteiger charge is -2.42. The zero-order valence-electron chi connectivity index (χ0n) is 14.6. The minimum absolute atomic E-state index is 0.341. The van der Waals surface area contributed by atoms with Gasteiger partial charge in [-0.2, -0.15) is 0 Å². The molecule has 2 aliphatic rings. The molecule has 2 aromatic carbocycles. The molecule has 4 rings (SSSR count). The average molecular weight is 430 g/mol. The Labute approximate surface area is 164 Å². The zero-order valence-corrected chi connectivity index (χ0v) is 16.2. The normalized spacial score (nSPS) is 24.2. The number of piperidine rings is 1. The summed E-state index contributed by atoms with van der Waals surface area (Å²) in [4.78, 5) is 39.9. The molecule has 3 atom stereocenters. The van der Waals surface area contributed by atoms with Crippen LogP contribution < -0.4 is 14.4 Å². The smallest absolute Gasteiger partial charge is 0.324 e. The van der Waals surface area contributed by atoms with Crippen molar-refractivity contribution in [3.8, 4) is 11.5 Å². The summed E-state index contributed by atoms with van der Waals surface area (Å²) >= 11 is 3.40. The first-order valence-corrected chi connectivity index (χ1v) is 9.24. The summed E-state index contributed by atoms with van der Waals surface area (Å²) in [5.74, 6) is -2.69.